The highest BCUT2D eigenvalue weighted by molar-refractivity contribution is 7.85. The molecule has 0 saturated heterocycles. The molecule has 0 rings (SSSR count). The summed E-state index contributed by atoms with van der Waals surface area (Å²) < 4.78 is 28.9. The van der Waals surface area contributed by atoms with E-state index in [1.165, 1.54) is 0 Å². The van der Waals surface area contributed by atoms with Gasteiger partial charge in [0.1, 0.15) is 0 Å². The molecule has 11 heavy (non-hydrogen) atoms. The molecule has 0 unspecified atom stereocenters. The molecule has 0 aliphatic carbocycles. The van der Waals surface area contributed by atoms with Crippen molar-refractivity contribution >= 4 is 19.6 Å². The van der Waals surface area contributed by atoms with Crippen LogP contribution in [0, 0.1) is 0 Å². The minimum atomic E-state index is -3.70. The molecule has 0 aromatic heterocycles. The highest BCUT2D eigenvalue weighted by atomic mass is 32.2. The Balaban J connectivity index is 3.30. The van der Waals surface area contributed by atoms with E-state index in [1.54, 1.807) is 0 Å². The second-order valence-electron chi connectivity index (χ2n) is 3.18. The van der Waals surface area contributed by atoms with Crippen molar-refractivity contribution in [3.63, 3.8) is 0 Å². The first-order valence-electron chi connectivity index (χ1n) is 3.87. The fourth-order valence-electron chi connectivity index (χ4n) is 0.837. The van der Waals surface area contributed by atoms with Crippen molar-refractivity contribution in [1.29, 1.82) is 0 Å². The Kier molecular flexibility index (Phi) is 4.95. The second kappa shape index (κ2) is 4.90. The van der Waals surface area contributed by atoms with Gasteiger partial charge < -0.3 is 0 Å². The summed E-state index contributed by atoms with van der Waals surface area (Å²) in [6.07, 6.45) is 0.628. The number of rotatable bonds is 5. The summed E-state index contributed by atoms with van der Waals surface area (Å²) in [7, 11) is -3.80. The summed E-state index contributed by atoms with van der Waals surface area (Å²) in [6, 6.07) is 1.01. The van der Waals surface area contributed by atoms with Crippen molar-refractivity contribution < 1.29 is 13.0 Å². The maximum atomic E-state index is 10.2. The molecule has 0 amide bonds. The van der Waals surface area contributed by atoms with Gasteiger partial charge in [0.2, 0.25) is 0 Å². The van der Waals surface area contributed by atoms with E-state index >= 15 is 0 Å². The fourth-order valence-corrected chi connectivity index (χ4v) is 3.12. The molecule has 5 heteroatoms. The van der Waals surface area contributed by atoms with Crippen LogP contribution in [0.5, 0.6) is 0 Å². The fraction of sp³-hybridized carbons (Fsp3) is 1.00. The average Bonchev–Trinajstić information content (AvgIpc) is 1.78. The van der Waals surface area contributed by atoms with Crippen molar-refractivity contribution in [2.45, 2.75) is 31.9 Å². The van der Waals surface area contributed by atoms with Crippen molar-refractivity contribution in [2.24, 2.45) is 0 Å². The third kappa shape index (κ3) is 10.1. The van der Waals surface area contributed by atoms with Crippen LogP contribution in [0.15, 0.2) is 0 Å². The molecule has 0 radical (unpaired) electrons. The molecular weight excluding hydrogens is 180 g/mol. The zero-order chi connectivity index (χ0) is 8.91. The Hall–Kier alpha value is 0.127. The Morgan fingerprint density at radius 3 is 2.36 bits per heavy atom. The third-order valence-electron chi connectivity index (χ3n) is 1.43. The molecule has 0 heterocycles. The summed E-state index contributed by atoms with van der Waals surface area (Å²) in [4.78, 5) is 0. The summed E-state index contributed by atoms with van der Waals surface area (Å²) in [5.41, 5.74) is 0.747. The first kappa shape index (κ1) is 11.1. The van der Waals surface area contributed by atoms with E-state index in [1.807, 2.05) is 0 Å². The van der Waals surface area contributed by atoms with E-state index in [9.17, 15) is 8.42 Å². The molecule has 0 bridgehead atoms. The van der Waals surface area contributed by atoms with Gasteiger partial charge in [-0.15, -0.1) is 0 Å². The average molecular weight is 196 g/mol. The predicted molar refractivity (Wildman–Crippen MR) is 49.5 cm³/mol. The number of hydrogen-bond donors (Lipinski definition) is 1. The van der Waals surface area contributed by atoms with Crippen LogP contribution in [0.1, 0.15) is 20.3 Å². The van der Waals surface area contributed by atoms with Gasteiger partial charge in [-0.25, -0.2) is 0 Å². The molecule has 0 fully saturated rings. The topological polar surface area (TPSA) is 54.4 Å². The molecule has 68 valence electrons. The van der Waals surface area contributed by atoms with Gasteiger partial charge in [-0.3, -0.25) is 4.55 Å². The Morgan fingerprint density at radius 1 is 1.45 bits per heavy atom. The van der Waals surface area contributed by atoms with Gasteiger partial charge in [-0.05, 0) is 6.42 Å². The lowest BCUT2D eigenvalue weighted by Gasteiger charge is -2.01. The summed E-state index contributed by atoms with van der Waals surface area (Å²) >= 11 is 0. The lowest BCUT2D eigenvalue weighted by Crippen LogP contribution is -2.05. The van der Waals surface area contributed by atoms with Crippen molar-refractivity contribution in [1.82, 2.24) is 0 Å². The van der Waals surface area contributed by atoms with Crippen LogP contribution in [-0.4, -0.2) is 28.2 Å². The quantitative estimate of drug-likeness (QED) is 0.400. The van der Waals surface area contributed by atoms with Gasteiger partial charge >= 0.3 is 0 Å². The van der Waals surface area contributed by atoms with Gasteiger partial charge in [0, 0.05) is 9.52 Å². The largest absolute Gasteiger partial charge is 0.286 e. The molecule has 0 atom stereocenters. The molecular formula is C6H16O3SSi. The Labute approximate surface area is 70.8 Å². The van der Waals surface area contributed by atoms with Crippen molar-refractivity contribution in [3.05, 3.63) is 0 Å². The van der Waals surface area contributed by atoms with E-state index in [4.69, 9.17) is 4.55 Å². The molecule has 0 aliphatic rings. The van der Waals surface area contributed by atoms with E-state index in [0.717, 1.165) is 11.6 Å². The third-order valence-corrected chi connectivity index (χ3v) is 4.30. The maximum absolute atomic E-state index is 10.2. The summed E-state index contributed by atoms with van der Waals surface area (Å²) in [5, 5.41) is 0. The molecule has 0 aromatic carbocycles. The van der Waals surface area contributed by atoms with Gasteiger partial charge in [-0.1, -0.05) is 25.4 Å². The molecule has 0 aliphatic heterocycles. The highest BCUT2D eigenvalue weighted by Gasteiger charge is 2.03. The SMILES string of the molecule is CC(C)[SiH2]CCCS(=O)(=O)O. The van der Waals surface area contributed by atoms with Crippen LogP contribution in [0.2, 0.25) is 11.6 Å². The van der Waals surface area contributed by atoms with E-state index in [-0.39, 0.29) is 15.3 Å². The van der Waals surface area contributed by atoms with Gasteiger partial charge in [-0.2, -0.15) is 8.42 Å². The van der Waals surface area contributed by atoms with Crippen LogP contribution in [0.4, 0.5) is 0 Å². The monoisotopic (exact) mass is 196 g/mol. The predicted octanol–water partition coefficient (Wildman–Crippen LogP) is 0.680. The molecule has 0 aromatic rings. The molecule has 0 saturated carbocycles. The normalized spacial score (nSPS) is 13.5. The first-order chi connectivity index (χ1) is 4.92. The Bertz CT molecular complexity index is 186. The Morgan fingerprint density at radius 2 is 2.00 bits per heavy atom. The van der Waals surface area contributed by atoms with Crippen molar-refractivity contribution in [2.75, 3.05) is 5.75 Å². The van der Waals surface area contributed by atoms with E-state index in [2.05, 4.69) is 13.8 Å². The zero-order valence-electron chi connectivity index (χ0n) is 7.08. The van der Waals surface area contributed by atoms with Crippen LogP contribution in [-0.2, 0) is 10.1 Å². The first-order valence-corrected chi connectivity index (χ1v) is 7.29. The van der Waals surface area contributed by atoms with Crippen LogP contribution in [0.3, 0.4) is 0 Å². The smallest absolute Gasteiger partial charge is 0.264 e. The lowest BCUT2D eigenvalue weighted by atomic mass is 10.5. The van der Waals surface area contributed by atoms with Crippen LogP contribution < -0.4 is 0 Å². The highest BCUT2D eigenvalue weighted by Crippen LogP contribution is 2.03. The summed E-state index contributed by atoms with van der Waals surface area (Å²) in [6.45, 7) is 4.30. The van der Waals surface area contributed by atoms with Crippen LogP contribution >= 0.6 is 0 Å². The van der Waals surface area contributed by atoms with Gasteiger partial charge in [0.15, 0.2) is 0 Å². The maximum Gasteiger partial charge on any atom is 0.264 e. The van der Waals surface area contributed by atoms with Crippen LogP contribution in [0.25, 0.3) is 0 Å². The second-order valence-corrected chi connectivity index (χ2v) is 7.67. The van der Waals surface area contributed by atoms with Crippen molar-refractivity contribution in [3.8, 4) is 0 Å². The minimum Gasteiger partial charge on any atom is -0.286 e. The van der Waals surface area contributed by atoms with E-state index in [0.29, 0.717) is 6.42 Å². The molecule has 3 nitrogen and oxygen atoms in total. The molecule has 1 N–H and O–H groups in total. The standard InChI is InChI=1S/C6H16O3SSi/c1-6(2)11-5-3-4-10(7,8)9/h6H,3-5,11H2,1-2H3,(H,7,8,9). The van der Waals surface area contributed by atoms with Gasteiger partial charge in [0.25, 0.3) is 10.1 Å². The molecule has 0 spiro atoms. The number of hydrogen-bond acceptors (Lipinski definition) is 2. The van der Waals surface area contributed by atoms with Gasteiger partial charge in [0.05, 0.1) is 5.75 Å². The summed E-state index contributed by atoms with van der Waals surface area (Å²) in [5.74, 6) is -0.0628. The minimum absolute atomic E-state index is 0.0628. The lowest BCUT2D eigenvalue weighted by molar-refractivity contribution is 0.482. The zero-order valence-corrected chi connectivity index (χ0v) is 9.31. The van der Waals surface area contributed by atoms with E-state index < -0.39 is 10.1 Å².